The Bertz CT molecular complexity index is 1340. The van der Waals surface area contributed by atoms with Crippen molar-refractivity contribution >= 4 is 26.6 Å². The van der Waals surface area contributed by atoms with Gasteiger partial charge in [-0.1, -0.05) is 48.0 Å². The number of fused-ring (bicyclic) bond motifs is 1. The normalized spacial score (nSPS) is 11.5. The van der Waals surface area contributed by atoms with Crippen LogP contribution in [0.3, 0.4) is 0 Å². The minimum Gasteiger partial charge on any atom is -0.346 e. The van der Waals surface area contributed by atoms with Gasteiger partial charge in [0.05, 0.1) is 28.4 Å². The van der Waals surface area contributed by atoms with Gasteiger partial charge in [0.15, 0.2) is 9.84 Å². The maximum Gasteiger partial charge on any atom is 0.251 e. The van der Waals surface area contributed by atoms with Crippen LogP contribution in [0, 0.1) is 6.92 Å². The van der Waals surface area contributed by atoms with Crippen molar-refractivity contribution in [2.24, 2.45) is 7.05 Å². The Morgan fingerprint density at radius 3 is 2.35 bits per heavy atom. The number of nitrogens with zero attached hydrogens (tertiary/aromatic N) is 2. The number of amides is 1. The zero-order chi connectivity index (χ0) is 22.0. The number of hydrogen-bond acceptors (Lipinski definition) is 4. The van der Waals surface area contributed by atoms with E-state index in [9.17, 15) is 13.2 Å². The van der Waals surface area contributed by atoms with Gasteiger partial charge in [-0.3, -0.25) is 9.48 Å². The smallest absolute Gasteiger partial charge is 0.251 e. The van der Waals surface area contributed by atoms with E-state index in [1.54, 1.807) is 53.2 Å². The van der Waals surface area contributed by atoms with Gasteiger partial charge in [0.1, 0.15) is 0 Å². The van der Waals surface area contributed by atoms with Gasteiger partial charge in [-0.05, 0) is 42.8 Å². The van der Waals surface area contributed by atoms with E-state index in [0.717, 1.165) is 22.2 Å². The van der Waals surface area contributed by atoms with E-state index in [-0.39, 0.29) is 11.7 Å². The largest absolute Gasteiger partial charge is 0.346 e. The molecule has 6 nitrogen and oxygen atoms in total. The van der Waals surface area contributed by atoms with Crippen molar-refractivity contribution in [3.63, 3.8) is 0 Å². The van der Waals surface area contributed by atoms with Crippen molar-refractivity contribution in [1.29, 1.82) is 0 Å². The highest BCUT2D eigenvalue weighted by Gasteiger charge is 2.16. The van der Waals surface area contributed by atoms with Crippen LogP contribution in [0.4, 0.5) is 0 Å². The fourth-order valence-electron chi connectivity index (χ4n) is 3.49. The molecule has 1 amide bonds. The first-order chi connectivity index (χ1) is 14.8. The number of hydrogen-bond donors (Lipinski definition) is 1. The third-order valence-corrected chi connectivity index (χ3v) is 6.91. The van der Waals surface area contributed by atoms with Crippen molar-refractivity contribution in [2.75, 3.05) is 0 Å². The van der Waals surface area contributed by atoms with Crippen molar-refractivity contribution in [1.82, 2.24) is 15.1 Å². The molecule has 1 aromatic heterocycles. The van der Waals surface area contributed by atoms with Crippen LogP contribution in [0.1, 0.15) is 27.2 Å². The molecule has 0 radical (unpaired) electrons. The van der Waals surface area contributed by atoms with Crippen LogP contribution < -0.4 is 5.32 Å². The summed E-state index contributed by atoms with van der Waals surface area (Å²) in [6.45, 7) is 2.22. The molecule has 0 saturated heterocycles. The minimum atomic E-state index is -3.44. The molecule has 0 aliphatic carbocycles. The van der Waals surface area contributed by atoms with E-state index < -0.39 is 9.84 Å². The van der Waals surface area contributed by atoms with Gasteiger partial charge >= 0.3 is 0 Å². The number of nitrogens with one attached hydrogen (secondary N) is 1. The Morgan fingerprint density at radius 2 is 1.65 bits per heavy atom. The van der Waals surface area contributed by atoms with Gasteiger partial charge < -0.3 is 5.32 Å². The van der Waals surface area contributed by atoms with Crippen LogP contribution in [0.15, 0.2) is 77.7 Å². The lowest BCUT2D eigenvalue weighted by molar-refractivity contribution is 0.0950. The molecule has 0 spiro atoms. The Hall–Kier alpha value is -3.45. The van der Waals surface area contributed by atoms with E-state index in [1.807, 2.05) is 38.2 Å². The predicted molar refractivity (Wildman–Crippen MR) is 120 cm³/mol. The van der Waals surface area contributed by atoms with Gasteiger partial charge in [0, 0.05) is 18.0 Å². The summed E-state index contributed by atoms with van der Waals surface area (Å²) in [5, 5.41) is 8.37. The lowest BCUT2D eigenvalue weighted by Crippen LogP contribution is -2.23. The maximum atomic E-state index is 12.6. The zero-order valence-corrected chi connectivity index (χ0v) is 18.2. The molecule has 1 heterocycles. The summed E-state index contributed by atoms with van der Waals surface area (Å²) < 4.78 is 27.0. The van der Waals surface area contributed by atoms with Gasteiger partial charge in [-0.2, -0.15) is 5.10 Å². The monoisotopic (exact) mass is 433 g/mol. The number of para-hydroxylation sites is 1. The molecule has 0 saturated carbocycles. The van der Waals surface area contributed by atoms with Crippen LogP contribution in [0.25, 0.3) is 10.9 Å². The maximum absolute atomic E-state index is 12.6. The molecule has 31 heavy (non-hydrogen) atoms. The third-order valence-electron chi connectivity index (χ3n) is 5.20. The number of rotatable bonds is 6. The molecule has 1 N–H and O–H groups in total. The summed E-state index contributed by atoms with van der Waals surface area (Å²) >= 11 is 0. The van der Waals surface area contributed by atoms with Crippen molar-refractivity contribution in [3.05, 3.63) is 95.2 Å². The number of aryl methyl sites for hydroxylation is 2. The van der Waals surface area contributed by atoms with Crippen LogP contribution in [-0.2, 0) is 29.2 Å². The van der Waals surface area contributed by atoms with Crippen molar-refractivity contribution in [3.8, 4) is 0 Å². The lowest BCUT2D eigenvalue weighted by Gasteiger charge is -2.07. The first-order valence-electron chi connectivity index (χ1n) is 9.91. The summed E-state index contributed by atoms with van der Waals surface area (Å²) in [5.74, 6) is -0.347. The molecular formula is C24H23N3O3S. The molecule has 4 rings (SSSR count). The highest BCUT2D eigenvalue weighted by Crippen LogP contribution is 2.19. The average molecular weight is 434 g/mol. The highest BCUT2D eigenvalue weighted by atomic mass is 32.2. The summed E-state index contributed by atoms with van der Waals surface area (Å²) in [6, 6.07) is 21.3. The molecule has 0 bridgehead atoms. The number of aromatic nitrogens is 2. The molecule has 158 valence electrons. The second kappa shape index (κ2) is 8.35. The highest BCUT2D eigenvalue weighted by molar-refractivity contribution is 7.90. The fraction of sp³-hybridized carbons (Fsp3) is 0.167. The SMILES string of the molecule is Cc1ccc(S(=O)(=O)Cc2ccc(C(=O)NCc3nn(C)c4ccccc34)cc2)cc1. The average Bonchev–Trinajstić information content (AvgIpc) is 3.08. The number of sulfone groups is 1. The van der Waals surface area contributed by atoms with Gasteiger partial charge in [-0.15, -0.1) is 0 Å². The van der Waals surface area contributed by atoms with E-state index in [1.165, 1.54) is 0 Å². The summed E-state index contributed by atoms with van der Waals surface area (Å²) in [5.41, 5.74) is 3.91. The van der Waals surface area contributed by atoms with E-state index in [0.29, 0.717) is 22.6 Å². The van der Waals surface area contributed by atoms with E-state index in [4.69, 9.17) is 0 Å². The number of carbonyl (C=O) groups is 1. The van der Waals surface area contributed by atoms with Crippen LogP contribution in [-0.4, -0.2) is 24.1 Å². The van der Waals surface area contributed by atoms with Gasteiger partial charge in [-0.25, -0.2) is 8.42 Å². The second-order valence-electron chi connectivity index (χ2n) is 7.54. The Labute approximate surface area is 181 Å². The van der Waals surface area contributed by atoms with Crippen LogP contribution in [0.2, 0.25) is 0 Å². The Kier molecular flexibility index (Phi) is 5.61. The third kappa shape index (κ3) is 4.51. The lowest BCUT2D eigenvalue weighted by atomic mass is 10.1. The minimum absolute atomic E-state index is 0.113. The molecule has 0 aliphatic heterocycles. The molecule has 7 heteroatoms. The molecule has 4 aromatic rings. The fourth-order valence-corrected chi connectivity index (χ4v) is 4.83. The number of benzene rings is 3. The second-order valence-corrected chi connectivity index (χ2v) is 9.53. The zero-order valence-electron chi connectivity index (χ0n) is 17.4. The van der Waals surface area contributed by atoms with Crippen LogP contribution >= 0.6 is 0 Å². The molecule has 0 unspecified atom stereocenters. The van der Waals surface area contributed by atoms with Crippen molar-refractivity contribution in [2.45, 2.75) is 24.1 Å². The Balaban J connectivity index is 1.42. The predicted octanol–water partition coefficient (Wildman–Crippen LogP) is 3.79. The first-order valence-corrected chi connectivity index (χ1v) is 11.6. The quantitative estimate of drug-likeness (QED) is 0.502. The molecule has 0 fully saturated rings. The summed E-state index contributed by atoms with van der Waals surface area (Å²) in [4.78, 5) is 12.8. The van der Waals surface area contributed by atoms with E-state index >= 15 is 0 Å². The van der Waals surface area contributed by atoms with E-state index in [2.05, 4.69) is 10.4 Å². The van der Waals surface area contributed by atoms with Crippen LogP contribution in [0.5, 0.6) is 0 Å². The summed E-state index contributed by atoms with van der Waals surface area (Å²) in [7, 11) is -1.57. The summed E-state index contributed by atoms with van der Waals surface area (Å²) in [6.07, 6.45) is 0. The standard InChI is InChI=1S/C24H23N3O3S/c1-17-7-13-20(14-8-17)31(29,30)16-18-9-11-19(12-10-18)24(28)25-15-22-21-5-3-4-6-23(21)27(2)26-22/h3-14H,15-16H2,1-2H3,(H,25,28). The van der Waals surface area contributed by atoms with Gasteiger partial charge in [0.25, 0.3) is 5.91 Å². The molecule has 0 aliphatic rings. The molecule has 0 atom stereocenters. The van der Waals surface area contributed by atoms with Gasteiger partial charge in [0.2, 0.25) is 0 Å². The Morgan fingerprint density at radius 1 is 0.968 bits per heavy atom. The molecule has 3 aromatic carbocycles. The van der Waals surface area contributed by atoms with Crippen molar-refractivity contribution < 1.29 is 13.2 Å². The molecular weight excluding hydrogens is 410 g/mol. The first kappa shape index (κ1) is 20.8. The number of carbonyl (C=O) groups excluding carboxylic acids is 1. The topological polar surface area (TPSA) is 81.1 Å².